The van der Waals surface area contributed by atoms with Gasteiger partial charge in [0, 0.05) is 18.5 Å². The first-order valence-corrected chi connectivity index (χ1v) is 6.58. The van der Waals surface area contributed by atoms with E-state index in [1.54, 1.807) is 0 Å². The van der Waals surface area contributed by atoms with Crippen molar-refractivity contribution in [1.82, 2.24) is 0 Å². The van der Waals surface area contributed by atoms with Crippen molar-refractivity contribution < 1.29 is 36.3 Å². The van der Waals surface area contributed by atoms with Gasteiger partial charge >= 0.3 is 18.3 Å². The third kappa shape index (κ3) is 7.07. The Bertz CT molecular complexity index is 534. The topological polar surface area (TPSA) is 55.4 Å². The predicted octanol–water partition coefficient (Wildman–Crippen LogP) is 3.38. The number of hydrogen-bond acceptors (Lipinski definition) is 3. The van der Waals surface area contributed by atoms with Gasteiger partial charge < -0.3 is 10.1 Å². The average molecular weight is 339 g/mol. The summed E-state index contributed by atoms with van der Waals surface area (Å²) in [5.41, 5.74) is 0.357. The van der Waals surface area contributed by atoms with Crippen molar-refractivity contribution in [2.75, 3.05) is 11.9 Å². The number of halogens is 5. The fourth-order valence-corrected chi connectivity index (χ4v) is 1.46. The van der Waals surface area contributed by atoms with Gasteiger partial charge in [0.1, 0.15) is 5.82 Å². The number of ether oxygens (including phenoxy) is 1. The number of anilines is 1. The quantitative estimate of drug-likeness (QED) is 0.584. The molecule has 128 valence electrons. The van der Waals surface area contributed by atoms with Crippen LogP contribution in [0.4, 0.5) is 27.6 Å². The Morgan fingerprint density at radius 1 is 1.13 bits per heavy atom. The minimum atomic E-state index is -4.39. The van der Waals surface area contributed by atoms with Crippen LogP contribution in [0.3, 0.4) is 0 Å². The molecule has 0 saturated heterocycles. The number of amides is 1. The van der Waals surface area contributed by atoms with E-state index in [0.29, 0.717) is 5.69 Å². The van der Waals surface area contributed by atoms with Crippen LogP contribution in [-0.4, -0.2) is 30.8 Å². The van der Waals surface area contributed by atoms with Gasteiger partial charge in [-0.15, -0.1) is 0 Å². The van der Waals surface area contributed by atoms with Crippen LogP contribution in [0.25, 0.3) is 0 Å². The summed E-state index contributed by atoms with van der Waals surface area (Å²) in [4.78, 5) is 22.6. The lowest BCUT2D eigenvalue weighted by atomic mass is 10.2. The van der Waals surface area contributed by atoms with E-state index in [4.69, 9.17) is 0 Å². The maximum Gasteiger partial charge on any atom is 0.340 e. The Hall–Kier alpha value is -2.19. The number of alkyl halides is 4. The highest BCUT2D eigenvalue weighted by Gasteiger charge is 2.42. The van der Waals surface area contributed by atoms with Gasteiger partial charge in [0.15, 0.2) is 6.61 Å². The zero-order chi connectivity index (χ0) is 17.5. The highest BCUT2D eigenvalue weighted by atomic mass is 19.3. The fourth-order valence-electron chi connectivity index (χ4n) is 1.46. The molecule has 23 heavy (non-hydrogen) atoms. The van der Waals surface area contributed by atoms with Crippen LogP contribution >= 0.6 is 0 Å². The summed E-state index contributed by atoms with van der Waals surface area (Å²) >= 11 is 0. The van der Waals surface area contributed by atoms with Crippen LogP contribution < -0.4 is 5.32 Å². The molecule has 0 aromatic heterocycles. The van der Waals surface area contributed by atoms with E-state index in [1.165, 1.54) is 12.1 Å². The van der Waals surface area contributed by atoms with Crippen molar-refractivity contribution >= 4 is 17.6 Å². The van der Waals surface area contributed by atoms with Crippen molar-refractivity contribution in [2.45, 2.75) is 31.6 Å². The number of nitrogens with one attached hydrogen (secondary N) is 1. The fraction of sp³-hybridized carbons (Fsp3) is 0.429. The number of hydrogen-bond donors (Lipinski definition) is 1. The summed E-state index contributed by atoms with van der Waals surface area (Å²) in [5.74, 6) is -6.43. The van der Waals surface area contributed by atoms with E-state index in [-0.39, 0.29) is 19.3 Å². The molecule has 1 rings (SSSR count). The van der Waals surface area contributed by atoms with Crippen molar-refractivity contribution in [3.05, 3.63) is 30.1 Å². The van der Waals surface area contributed by atoms with E-state index >= 15 is 0 Å². The summed E-state index contributed by atoms with van der Waals surface area (Å²) in [6.07, 6.45) is -4.41. The van der Waals surface area contributed by atoms with Gasteiger partial charge in [-0.05, 0) is 30.7 Å². The van der Waals surface area contributed by atoms with Gasteiger partial charge in [-0.25, -0.2) is 13.2 Å². The van der Waals surface area contributed by atoms with E-state index in [1.807, 2.05) is 0 Å². The molecular formula is C14H14F5NO3. The highest BCUT2D eigenvalue weighted by molar-refractivity contribution is 5.90. The number of carbonyl (C=O) groups is 2. The van der Waals surface area contributed by atoms with Crippen LogP contribution in [0.1, 0.15) is 19.3 Å². The summed E-state index contributed by atoms with van der Waals surface area (Å²) in [5, 5.41) is 2.44. The molecule has 0 aliphatic heterocycles. The van der Waals surface area contributed by atoms with Crippen LogP contribution in [-0.2, 0) is 14.3 Å². The van der Waals surface area contributed by atoms with Gasteiger partial charge in [0.2, 0.25) is 5.91 Å². The minimum Gasteiger partial charge on any atom is -0.459 e. The zero-order valence-corrected chi connectivity index (χ0v) is 11.8. The molecule has 0 heterocycles. The second-order valence-corrected chi connectivity index (χ2v) is 4.63. The first-order valence-electron chi connectivity index (χ1n) is 6.58. The molecule has 0 fully saturated rings. The van der Waals surface area contributed by atoms with Gasteiger partial charge in [-0.2, -0.15) is 8.78 Å². The summed E-state index contributed by atoms with van der Waals surface area (Å²) in [6.45, 7) is -1.70. The maximum atomic E-state index is 12.7. The summed E-state index contributed by atoms with van der Waals surface area (Å²) in [7, 11) is 0. The molecule has 0 spiro atoms. The summed E-state index contributed by atoms with van der Waals surface area (Å²) < 4.78 is 65.4. The standard InChI is InChI=1S/C14H14F5NO3/c15-9-4-6-10(7-5-9)20-11(21)2-1-3-12(22)23-8-14(18,19)13(16)17/h4-7,13H,1-3,8H2,(H,20,21). The highest BCUT2D eigenvalue weighted by Crippen LogP contribution is 2.23. The molecule has 0 bridgehead atoms. The number of rotatable bonds is 8. The van der Waals surface area contributed by atoms with Gasteiger partial charge in [-0.1, -0.05) is 0 Å². The number of carbonyl (C=O) groups excluding carboxylic acids is 2. The normalized spacial score (nSPS) is 11.4. The molecule has 0 radical (unpaired) electrons. The van der Waals surface area contributed by atoms with Gasteiger partial charge in [0.25, 0.3) is 0 Å². The van der Waals surface area contributed by atoms with Crippen LogP contribution in [0.15, 0.2) is 24.3 Å². The molecule has 1 amide bonds. The average Bonchev–Trinajstić information content (AvgIpc) is 2.47. The second-order valence-electron chi connectivity index (χ2n) is 4.63. The largest absolute Gasteiger partial charge is 0.459 e. The van der Waals surface area contributed by atoms with Crippen LogP contribution in [0.5, 0.6) is 0 Å². The molecule has 1 aromatic rings. The number of benzene rings is 1. The Morgan fingerprint density at radius 3 is 2.30 bits per heavy atom. The smallest absolute Gasteiger partial charge is 0.340 e. The van der Waals surface area contributed by atoms with Crippen molar-refractivity contribution in [2.24, 2.45) is 0 Å². The Labute approximate surface area is 128 Å². The molecule has 0 aliphatic carbocycles. The Morgan fingerprint density at radius 2 is 1.74 bits per heavy atom. The molecule has 1 aromatic carbocycles. The second kappa shape index (κ2) is 8.44. The lowest BCUT2D eigenvalue weighted by molar-refractivity contribution is -0.179. The molecule has 0 atom stereocenters. The van der Waals surface area contributed by atoms with E-state index in [0.717, 1.165) is 12.1 Å². The van der Waals surface area contributed by atoms with Gasteiger partial charge in [-0.3, -0.25) is 9.59 Å². The van der Waals surface area contributed by atoms with Crippen molar-refractivity contribution in [1.29, 1.82) is 0 Å². The lowest BCUT2D eigenvalue weighted by Crippen LogP contribution is -2.33. The first kappa shape index (κ1) is 18.9. The van der Waals surface area contributed by atoms with Crippen molar-refractivity contribution in [3.63, 3.8) is 0 Å². The Kier molecular flexibility index (Phi) is 6.92. The zero-order valence-electron chi connectivity index (χ0n) is 11.8. The molecule has 0 unspecified atom stereocenters. The van der Waals surface area contributed by atoms with Crippen LogP contribution in [0.2, 0.25) is 0 Å². The lowest BCUT2D eigenvalue weighted by Gasteiger charge is -2.14. The van der Waals surface area contributed by atoms with E-state index in [2.05, 4.69) is 10.1 Å². The van der Waals surface area contributed by atoms with E-state index < -0.39 is 36.6 Å². The first-order chi connectivity index (χ1) is 10.7. The molecule has 9 heteroatoms. The van der Waals surface area contributed by atoms with Crippen LogP contribution in [0, 0.1) is 5.82 Å². The Balaban J connectivity index is 2.24. The molecule has 1 N–H and O–H groups in total. The third-order valence-electron chi connectivity index (χ3n) is 2.66. The van der Waals surface area contributed by atoms with E-state index in [9.17, 15) is 31.5 Å². The molecular weight excluding hydrogens is 325 g/mol. The summed E-state index contributed by atoms with van der Waals surface area (Å²) in [6, 6.07) is 4.98. The maximum absolute atomic E-state index is 12.7. The number of esters is 1. The minimum absolute atomic E-state index is 0.00783. The SMILES string of the molecule is O=C(CCCC(=O)OCC(F)(F)C(F)F)Nc1ccc(F)cc1. The molecule has 0 aliphatic rings. The monoisotopic (exact) mass is 339 g/mol. The molecule has 0 saturated carbocycles. The van der Waals surface area contributed by atoms with Gasteiger partial charge in [0.05, 0.1) is 0 Å². The molecule has 4 nitrogen and oxygen atoms in total. The predicted molar refractivity (Wildman–Crippen MR) is 70.8 cm³/mol. The third-order valence-corrected chi connectivity index (χ3v) is 2.66. The van der Waals surface area contributed by atoms with Crippen molar-refractivity contribution in [3.8, 4) is 0 Å².